The van der Waals surface area contributed by atoms with Crippen LogP contribution in [0.3, 0.4) is 0 Å². The minimum absolute atomic E-state index is 0.226. The zero-order valence-electron chi connectivity index (χ0n) is 9.64. The van der Waals surface area contributed by atoms with Crippen molar-refractivity contribution in [3.63, 3.8) is 0 Å². The summed E-state index contributed by atoms with van der Waals surface area (Å²) in [5.41, 5.74) is 0.610. The Morgan fingerprint density at radius 2 is 2.07 bits per heavy atom. The lowest BCUT2D eigenvalue weighted by molar-refractivity contribution is -0.139. The first-order valence-electron chi connectivity index (χ1n) is 5.42. The van der Waals surface area contributed by atoms with Gasteiger partial charge < -0.3 is 4.74 Å². The Bertz CT molecular complexity index is 183. The number of hydrogen-bond acceptors (Lipinski definition) is 2. The lowest BCUT2D eigenvalue weighted by Crippen LogP contribution is -2.08. The second-order valence-electron chi connectivity index (χ2n) is 4.03. The molecular formula is C12H22O2. The molecule has 0 amide bonds. The zero-order valence-corrected chi connectivity index (χ0v) is 9.64. The van der Waals surface area contributed by atoms with Gasteiger partial charge in [0.1, 0.15) is 0 Å². The fourth-order valence-corrected chi connectivity index (χ4v) is 1.12. The van der Waals surface area contributed by atoms with Crippen LogP contribution in [0, 0.1) is 5.92 Å². The molecular weight excluding hydrogens is 176 g/mol. The topological polar surface area (TPSA) is 26.3 Å². The first-order chi connectivity index (χ1) is 6.57. The third-order valence-electron chi connectivity index (χ3n) is 1.99. The smallest absolute Gasteiger partial charge is 0.333 e. The van der Waals surface area contributed by atoms with Crippen LogP contribution in [-0.2, 0) is 9.53 Å². The minimum atomic E-state index is -0.226. The van der Waals surface area contributed by atoms with Gasteiger partial charge in [-0.05, 0) is 25.2 Å². The quantitative estimate of drug-likeness (QED) is 0.463. The van der Waals surface area contributed by atoms with E-state index in [1.807, 2.05) is 6.92 Å². The molecule has 2 nitrogen and oxygen atoms in total. The zero-order chi connectivity index (χ0) is 11.0. The maximum Gasteiger partial charge on any atom is 0.333 e. The van der Waals surface area contributed by atoms with Crippen LogP contribution in [0.5, 0.6) is 0 Å². The highest BCUT2D eigenvalue weighted by Crippen LogP contribution is 2.11. The van der Waals surface area contributed by atoms with E-state index in [1.165, 1.54) is 0 Å². The van der Waals surface area contributed by atoms with Crippen molar-refractivity contribution >= 4 is 5.97 Å². The largest absolute Gasteiger partial charge is 0.462 e. The maximum atomic E-state index is 11.3. The van der Waals surface area contributed by atoms with E-state index < -0.39 is 0 Å². The summed E-state index contributed by atoms with van der Waals surface area (Å²) in [7, 11) is 0. The molecule has 0 fully saturated rings. The SMILES string of the molecule is C=C(CCCC(C)C)C(=O)OCCC. The predicted octanol–water partition coefficient (Wildman–Crippen LogP) is 3.32. The van der Waals surface area contributed by atoms with Gasteiger partial charge in [0.25, 0.3) is 0 Å². The molecule has 0 aromatic rings. The highest BCUT2D eigenvalue weighted by Gasteiger charge is 2.07. The summed E-state index contributed by atoms with van der Waals surface area (Å²) in [6, 6.07) is 0. The fourth-order valence-electron chi connectivity index (χ4n) is 1.12. The Morgan fingerprint density at radius 1 is 1.43 bits per heavy atom. The third-order valence-corrected chi connectivity index (χ3v) is 1.99. The average Bonchev–Trinajstić information content (AvgIpc) is 2.13. The van der Waals surface area contributed by atoms with Crippen LogP contribution in [0.1, 0.15) is 46.5 Å². The molecule has 0 aliphatic rings. The van der Waals surface area contributed by atoms with E-state index in [2.05, 4.69) is 20.4 Å². The van der Waals surface area contributed by atoms with Gasteiger partial charge in [0, 0.05) is 5.57 Å². The molecule has 0 bridgehead atoms. The molecule has 0 aliphatic heterocycles. The van der Waals surface area contributed by atoms with Crippen LogP contribution in [0.15, 0.2) is 12.2 Å². The van der Waals surface area contributed by atoms with Crippen molar-refractivity contribution in [2.24, 2.45) is 5.92 Å². The summed E-state index contributed by atoms with van der Waals surface area (Å²) in [6.07, 6.45) is 3.80. The third kappa shape index (κ3) is 6.70. The number of carbonyl (C=O) groups is 1. The van der Waals surface area contributed by atoms with Gasteiger partial charge in [-0.2, -0.15) is 0 Å². The van der Waals surface area contributed by atoms with Crippen molar-refractivity contribution in [1.82, 2.24) is 0 Å². The van der Waals surface area contributed by atoms with Gasteiger partial charge in [0.05, 0.1) is 6.61 Å². The molecule has 0 aromatic heterocycles. The monoisotopic (exact) mass is 198 g/mol. The van der Waals surface area contributed by atoms with Crippen LogP contribution in [0.25, 0.3) is 0 Å². The summed E-state index contributed by atoms with van der Waals surface area (Å²) in [4.78, 5) is 11.3. The fraction of sp³-hybridized carbons (Fsp3) is 0.750. The van der Waals surface area contributed by atoms with Gasteiger partial charge in [0.15, 0.2) is 0 Å². The van der Waals surface area contributed by atoms with Crippen LogP contribution in [0.2, 0.25) is 0 Å². The lowest BCUT2D eigenvalue weighted by atomic mass is 10.0. The number of esters is 1. The van der Waals surface area contributed by atoms with Crippen LogP contribution >= 0.6 is 0 Å². The van der Waals surface area contributed by atoms with E-state index in [1.54, 1.807) is 0 Å². The Morgan fingerprint density at radius 3 is 2.57 bits per heavy atom. The number of hydrogen-bond donors (Lipinski definition) is 0. The Kier molecular flexibility index (Phi) is 7.17. The molecule has 0 aliphatic carbocycles. The van der Waals surface area contributed by atoms with Crippen molar-refractivity contribution in [2.75, 3.05) is 6.61 Å². The molecule has 0 saturated heterocycles. The Balaban J connectivity index is 3.57. The van der Waals surface area contributed by atoms with Gasteiger partial charge in [-0.3, -0.25) is 0 Å². The molecule has 0 rings (SSSR count). The molecule has 82 valence electrons. The molecule has 2 heteroatoms. The molecule has 14 heavy (non-hydrogen) atoms. The minimum Gasteiger partial charge on any atom is -0.462 e. The van der Waals surface area contributed by atoms with Gasteiger partial charge in [0.2, 0.25) is 0 Å². The highest BCUT2D eigenvalue weighted by molar-refractivity contribution is 5.87. The lowest BCUT2D eigenvalue weighted by Gasteiger charge is -2.07. The van der Waals surface area contributed by atoms with Gasteiger partial charge in [-0.1, -0.05) is 33.8 Å². The summed E-state index contributed by atoms with van der Waals surface area (Å²) in [5.74, 6) is 0.463. The number of rotatable bonds is 7. The molecule has 0 atom stereocenters. The number of ether oxygens (including phenoxy) is 1. The standard InChI is InChI=1S/C12H22O2/c1-5-9-14-12(13)11(4)8-6-7-10(2)3/h10H,4-9H2,1-3H3. The van der Waals surface area contributed by atoms with Crippen LogP contribution in [-0.4, -0.2) is 12.6 Å². The molecule has 0 radical (unpaired) electrons. The highest BCUT2D eigenvalue weighted by atomic mass is 16.5. The van der Waals surface area contributed by atoms with E-state index in [0.717, 1.165) is 25.7 Å². The normalized spacial score (nSPS) is 10.3. The predicted molar refractivity (Wildman–Crippen MR) is 59.1 cm³/mol. The van der Waals surface area contributed by atoms with Crippen molar-refractivity contribution in [3.8, 4) is 0 Å². The maximum absolute atomic E-state index is 11.3. The molecule has 0 saturated carbocycles. The van der Waals surface area contributed by atoms with E-state index in [4.69, 9.17) is 4.74 Å². The van der Waals surface area contributed by atoms with Gasteiger partial charge in [-0.25, -0.2) is 4.79 Å². The average molecular weight is 198 g/mol. The second-order valence-corrected chi connectivity index (χ2v) is 4.03. The summed E-state index contributed by atoms with van der Waals surface area (Å²) < 4.78 is 4.97. The molecule has 0 unspecified atom stereocenters. The van der Waals surface area contributed by atoms with Crippen molar-refractivity contribution in [3.05, 3.63) is 12.2 Å². The van der Waals surface area contributed by atoms with Gasteiger partial charge >= 0.3 is 5.97 Å². The number of carbonyl (C=O) groups excluding carboxylic acids is 1. The molecule has 0 heterocycles. The van der Waals surface area contributed by atoms with Crippen LogP contribution < -0.4 is 0 Å². The Labute approximate surface area is 87.3 Å². The van der Waals surface area contributed by atoms with Crippen LogP contribution in [0.4, 0.5) is 0 Å². The second kappa shape index (κ2) is 7.60. The van der Waals surface area contributed by atoms with Crippen molar-refractivity contribution in [1.29, 1.82) is 0 Å². The van der Waals surface area contributed by atoms with E-state index in [-0.39, 0.29) is 5.97 Å². The van der Waals surface area contributed by atoms with Crippen molar-refractivity contribution in [2.45, 2.75) is 46.5 Å². The molecule has 0 N–H and O–H groups in total. The Hall–Kier alpha value is -0.790. The summed E-state index contributed by atoms with van der Waals surface area (Å²) in [6.45, 7) is 10.6. The van der Waals surface area contributed by atoms with E-state index >= 15 is 0 Å². The van der Waals surface area contributed by atoms with E-state index in [9.17, 15) is 4.79 Å². The summed E-state index contributed by atoms with van der Waals surface area (Å²) >= 11 is 0. The van der Waals surface area contributed by atoms with Crippen molar-refractivity contribution < 1.29 is 9.53 Å². The first kappa shape index (κ1) is 13.2. The molecule has 0 spiro atoms. The van der Waals surface area contributed by atoms with Gasteiger partial charge in [-0.15, -0.1) is 0 Å². The molecule has 0 aromatic carbocycles. The van der Waals surface area contributed by atoms with E-state index in [0.29, 0.717) is 18.1 Å². The summed E-state index contributed by atoms with van der Waals surface area (Å²) in [5, 5.41) is 0. The first-order valence-corrected chi connectivity index (χ1v) is 5.42.